The SMILES string of the molecule is CCNC(=NCC1(C)CCCS1)NCCc1csc(CC)n1. The number of hydrogen-bond acceptors (Lipinski definition) is 4. The number of thioether (sulfide) groups is 1. The van der Waals surface area contributed by atoms with E-state index in [4.69, 9.17) is 4.99 Å². The highest BCUT2D eigenvalue weighted by Crippen LogP contribution is 2.37. The molecular weight excluding hydrogens is 312 g/mol. The number of aliphatic imine (C=N–C) groups is 1. The number of rotatable bonds is 7. The van der Waals surface area contributed by atoms with Crippen molar-refractivity contribution >= 4 is 29.1 Å². The van der Waals surface area contributed by atoms with Crippen LogP contribution in [0.15, 0.2) is 10.4 Å². The van der Waals surface area contributed by atoms with Crippen molar-refractivity contribution in [1.82, 2.24) is 15.6 Å². The molecule has 2 rings (SSSR count). The average molecular weight is 341 g/mol. The normalized spacial score (nSPS) is 22.0. The van der Waals surface area contributed by atoms with Crippen molar-refractivity contribution in [3.8, 4) is 0 Å². The largest absolute Gasteiger partial charge is 0.357 e. The van der Waals surface area contributed by atoms with E-state index in [9.17, 15) is 0 Å². The quantitative estimate of drug-likeness (QED) is 0.591. The second kappa shape index (κ2) is 8.77. The van der Waals surface area contributed by atoms with Gasteiger partial charge in [0.25, 0.3) is 0 Å². The third kappa shape index (κ3) is 5.47. The smallest absolute Gasteiger partial charge is 0.191 e. The van der Waals surface area contributed by atoms with Gasteiger partial charge in [-0.15, -0.1) is 11.3 Å². The van der Waals surface area contributed by atoms with E-state index in [0.29, 0.717) is 4.75 Å². The zero-order valence-electron chi connectivity index (χ0n) is 13.9. The molecule has 0 aliphatic carbocycles. The summed E-state index contributed by atoms with van der Waals surface area (Å²) >= 11 is 3.82. The van der Waals surface area contributed by atoms with Crippen LogP contribution in [0.4, 0.5) is 0 Å². The van der Waals surface area contributed by atoms with E-state index in [1.165, 1.54) is 29.3 Å². The van der Waals surface area contributed by atoms with Crippen LogP contribution in [0.2, 0.25) is 0 Å². The maximum atomic E-state index is 4.78. The molecule has 1 aliphatic rings. The van der Waals surface area contributed by atoms with Crippen LogP contribution in [0.1, 0.15) is 44.3 Å². The van der Waals surface area contributed by atoms with Gasteiger partial charge in [-0.05, 0) is 38.9 Å². The standard InChI is InChI=1S/C16H28N4S2/c1-4-14-20-13(11-21-14)7-9-18-15(17-5-2)19-12-16(3)8-6-10-22-16/h11H,4-10,12H2,1-3H3,(H2,17,18,19). The molecule has 6 heteroatoms. The Kier molecular flexibility index (Phi) is 7.02. The van der Waals surface area contributed by atoms with Crippen molar-refractivity contribution in [3.63, 3.8) is 0 Å². The fourth-order valence-corrected chi connectivity index (χ4v) is 4.49. The minimum absolute atomic E-state index is 0.327. The van der Waals surface area contributed by atoms with Crippen LogP contribution in [0, 0.1) is 0 Å². The first kappa shape index (κ1) is 17.6. The molecule has 0 bridgehead atoms. The Morgan fingerprint density at radius 1 is 1.41 bits per heavy atom. The average Bonchev–Trinajstić information content (AvgIpc) is 3.14. The Bertz CT molecular complexity index is 478. The van der Waals surface area contributed by atoms with Gasteiger partial charge in [0.1, 0.15) is 0 Å². The molecular formula is C16H28N4S2. The molecule has 1 aromatic rings. The highest BCUT2D eigenvalue weighted by atomic mass is 32.2. The summed E-state index contributed by atoms with van der Waals surface area (Å²) in [4.78, 5) is 9.38. The Morgan fingerprint density at radius 2 is 2.27 bits per heavy atom. The zero-order valence-corrected chi connectivity index (χ0v) is 15.6. The van der Waals surface area contributed by atoms with Gasteiger partial charge in [-0.25, -0.2) is 4.98 Å². The second-order valence-corrected chi connectivity index (χ2v) is 8.49. The third-order valence-corrected chi connectivity index (χ3v) is 6.36. The lowest BCUT2D eigenvalue weighted by atomic mass is 10.1. The molecule has 2 heterocycles. The van der Waals surface area contributed by atoms with E-state index in [1.807, 2.05) is 0 Å². The topological polar surface area (TPSA) is 49.3 Å². The highest BCUT2D eigenvalue weighted by molar-refractivity contribution is 8.00. The number of nitrogens with zero attached hydrogens (tertiary/aromatic N) is 2. The molecule has 124 valence electrons. The van der Waals surface area contributed by atoms with Crippen molar-refractivity contribution in [2.24, 2.45) is 4.99 Å². The van der Waals surface area contributed by atoms with E-state index < -0.39 is 0 Å². The maximum Gasteiger partial charge on any atom is 0.191 e. The van der Waals surface area contributed by atoms with Gasteiger partial charge in [0, 0.05) is 29.6 Å². The van der Waals surface area contributed by atoms with Crippen LogP contribution in [0.25, 0.3) is 0 Å². The molecule has 1 fully saturated rings. The van der Waals surface area contributed by atoms with Crippen LogP contribution in [-0.4, -0.2) is 41.1 Å². The van der Waals surface area contributed by atoms with Gasteiger partial charge >= 0.3 is 0 Å². The van der Waals surface area contributed by atoms with Gasteiger partial charge in [0.15, 0.2) is 5.96 Å². The minimum atomic E-state index is 0.327. The molecule has 1 atom stereocenters. The lowest BCUT2D eigenvalue weighted by Crippen LogP contribution is -2.39. The van der Waals surface area contributed by atoms with Gasteiger partial charge in [-0.2, -0.15) is 11.8 Å². The number of thiazole rings is 1. The maximum absolute atomic E-state index is 4.78. The summed E-state index contributed by atoms with van der Waals surface area (Å²) in [5, 5.41) is 10.2. The molecule has 1 saturated heterocycles. The fourth-order valence-electron chi connectivity index (χ4n) is 2.48. The Labute approximate surface area is 142 Å². The van der Waals surface area contributed by atoms with Crippen LogP contribution >= 0.6 is 23.1 Å². The number of hydrogen-bond donors (Lipinski definition) is 2. The summed E-state index contributed by atoms with van der Waals surface area (Å²) in [6.45, 7) is 9.26. The molecule has 1 aliphatic heterocycles. The molecule has 0 saturated carbocycles. The first-order valence-electron chi connectivity index (χ1n) is 8.24. The number of guanidine groups is 1. The number of aromatic nitrogens is 1. The van der Waals surface area contributed by atoms with Crippen molar-refractivity contribution in [2.45, 2.75) is 51.2 Å². The molecule has 0 amide bonds. The lowest BCUT2D eigenvalue weighted by Gasteiger charge is -2.21. The lowest BCUT2D eigenvalue weighted by molar-refractivity contribution is 0.614. The minimum Gasteiger partial charge on any atom is -0.357 e. The molecule has 1 unspecified atom stereocenters. The third-order valence-electron chi connectivity index (χ3n) is 3.79. The first-order chi connectivity index (χ1) is 10.6. The summed E-state index contributed by atoms with van der Waals surface area (Å²) in [6.07, 6.45) is 4.58. The van der Waals surface area contributed by atoms with Gasteiger partial charge in [0.05, 0.1) is 17.2 Å². The molecule has 0 spiro atoms. The molecule has 0 radical (unpaired) electrons. The molecule has 2 N–H and O–H groups in total. The van der Waals surface area contributed by atoms with E-state index in [0.717, 1.165) is 38.4 Å². The summed E-state index contributed by atoms with van der Waals surface area (Å²) in [5.74, 6) is 2.21. The highest BCUT2D eigenvalue weighted by Gasteiger charge is 2.29. The molecule has 22 heavy (non-hydrogen) atoms. The first-order valence-corrected chi connectivity index (χ1v) is 10.1. The monoisotopic (exact) mass is 340 g/mol. The summed E-state index contributed by atoms with van der Waals surface area (Å²) in [5.41, 5.74) is 1.18. The van der Waals surface area contributed by atoms with Crippen molar-refractivity contribution in [2.75, 3.05) is 25.4 Å². The van der Waals surface area contributed by atoms with E-state index >= 15 is 0 Å². The van der Waals surface area contributed by atoms with Crippen molar-refractivity contribution < 1.29 is 0 Å². The summed E-state index contributed by atoms with van der Waals surface area (Å²) < 4.78 is 0.327. The molecule has 4 nitrogen and oxygen atoms in total. The molecule has 0 aromatic carbocycles. The van der Waals surface area contributed by atoms with E-state index in [1.54, 1.807) is 11.3 Å². The Hall–Kier alpha value is -0.750. The predicted molar refractivity (Wildman–Crippen MR) is 99.3 cm³/mol. The summed E-state index contributed by atoms with van der Waals surface area (Å²) in [7, 11) is 0. The van der Waals surface area contributed by atoms with Crippen LogP contribution in [0.5, 0.6) is 0 Å². The Morgan fingerprint density at radius 3 is 2.91 bits per heavy atom. The van der Waals surface area contributed by atoms with Crippen LogP contribution < -0.4 is 10.6 Å². The molecule has 1 aromatic heterocycles. The zero-order chi connectivity index (χ0) is 15.8. The van der Waals surface area contributed by atoms with Gasteiger partial charge in [-0.3, -0.25) is 4.99 Å². The van der Waals surface area contributed by atoms with Crippen molar-refractivity contribution in [3.05, 3.63) is 16.1 Å². The van der Waals surface area contributed by atoms with Crippen molar-refractivity contribution in [1.29, 1.82) is 0 Å². The van der Waals surface area contributed by atoms with Crippen LogP contribution in [-0.2, 0) is 12.8 Å². The van der Waals surface area contributed by atoms with Crippen LogP contribution in [0.3, 0.4) is 0 Å². The van der Waals surface area contributed by atoms with Gasteiger partial charge in [0.2, 0.25) is 0 Å². The van der Waals surface area contributed by atoms with Gasteiger partial charge in [-0.1, -0.05) is 6.92 Å². The van der Waals surface area contributed by atoms with Gasteiger partial charge < -0.3 is 10.6 Å². The fraction of sp³-hybridized carbons (Fsp3) is 0.750. The second-order valence-electron chi connectivity index (χ2n) is 5.86. The van der Waals surface area contributed by atoms with E-state index in [-0.39, 0.29) is 0 Å². The number of aryl methyl sites for hydroxylation is 1. The number of nitrogens with one attached hydrogen (secondary N) is 2. The predicted octanol–water partition coefficient (Wildman–Crippen LogP) is 3.09. The van der Waals surface area contributed by atoms with E-state index in [2.05, 4.69) is 53.5 Å². The Balaban J connectivity index is 1.80. The summed E-state index contributed by atoms with van der Waals surface area (Å²) in [6, 6.07) is 0.